The molecule has 1 unspecified atom stereocenters. The van der Waals surface area contributed by atoms with Gasteiger partial charge in [0.25, 0.3) is 0 Å². The number of methoxy groups -OCH3 is 1. The van der Waals surface area contributed by atoms with Crippen molar-refractivity contribution in [2.24, 2.45) is 5.89 Å². The van der Waals surface area contributed by atoms with E-state index in [1.807, 2.05) is 0 Å². The Kier molecular flexibility index (Phi) is 1.20. The first-order chi connectivity index (χ1) is 14.5. The van der Waals surface area contributed by atoms with Gasteiger partial charge in [0, 0.05) is 35.7 Å². The number of likely N-dealkylation sites (tertiary alicyclic amines) is 1. The lowest BCUT2D eigenvalue weighted by Gasteiger charge is -2.57. The first-order valence-corrected chi connectivity index (χ1v) is 7.21. The largest absolute Gasteiger partial charge is 0.493 e. The van der Waals surface area contributed by atoms with Crippen LogP contribution >= 0.6 is 0 Å². The van der Waals surface area contributed by atoms with Gasteiger partial charge in [-0.25, -0.2) is 0 Å². The van der Waals surface area contributed by atoms with Crippen LogP contribution in [0.2, 0.25) is 0 Å². The minimum absolute atomic E-state index is 0.0313. The predicted molar refractivity (Wildman–Crippen MR) is 81.6 cm³/mol. The lowest BCUT2D eigenvalue weighted by molar-refractivity contribution is -0.138. The van der Waals surface area contributed by atoms with Gasteiger partial charge >= 0.3 is 0 Å². The van der Waals surface area contributed by atoms with Crippen molar-refractivity contribution < 1.29 is 28.0 Å². The average Bonchev–Trinajstić information content (AvgIpc) is 2.93. The summed E-state index contributed by atoms with van der Waals surface area (Å²) in [4.78, 5) is 13.9. The van der Waals surface area contributed by atoms with E-state index >= 15 is 0 Å². The lowest BCUT2D eigenvalue weighted by atomic mass is 9.52. The van der Waals surface area contributed by atoms with E-state index in [1.165, 1.54) is 19.2 Å². The number of benzene rings is 1. The molecule has 22 heavy (non-hydrogen) atoms. The lowest BCUT2D eigenvalue weighted by Crippen LogP contribution is -2.65. The molecule has 0 amide bonds. The van der Waals surface area contributed by atoms with Crippen LogP contribution in [0, 0.1) is 5.89 Å². The number of ether oxygens (including phenoxy) is 2. The van der Waals surface area contributed by atoms with E-state index in [0.29, 0.717) is 4.90 Å². The second-order valence-electron chi connectivity index (χ2n) is 5.89. The Balaban J connectivity index is 2.00. The molecule has 2 aliphatic carbocycles. The Morgan fingerprint density at radius 2 is 2.50 bits per heavy atom. The molecule has 1 aromatic rings. The van der Waals surface area contributed by atoms with Crippen molar-refractivity contribution in [3.8, 4) is 11.5 Å². The summed E-state index contributed by atoms with van der Waals surface area (Å²) in [5, 5.41) is 0. The van der Waals surface area contributed by atoms with Crippen LogP contribution < -0.4 is 9.47 Å². The Bertz CT molecular complexity index is 1080. The number of ketones is 1. The third-order valence-corrected chi connectivity index (χ3v) is 5.03. The SMILES string of the molecule is [2H]C1([2H])C[C@]2([2H])[C@@]34CCN(C([2H])([2H])[2H])[C@]2([2H])C([2H])([2H])c2ccc(OC)c(c23)OC4([2H])C1=O. The molecule has 1 saturated carbocycles. The highest BCUT2D eigenvalue weighted by atomic mass is 16.5. The second kappa shape index (κ2) is 4.05. The normalized spacial score (nSPS) is 60.3. The van der Waals surface area contributed by atoms with Gasteiger partial charge in [-0.2, -0.15) is 0 Å². The molecule has 4 atom stereocenters. The van der Waals surface area contributed by atoms with Crippen molar-refractivity contribution in [2.45, 2.75) is 43.1 Å². The number of nitrogens with zero attached hydrogens (tertiary/aromatic N) is 1. The Hall–Kier alpha value is -1.55. The van der Waals surface area contributed by atoms with E-state index in [-0.39, 0.29) is 29.0 Å². The summed E-state index contributed by atoms with van der Waals surface area (Å²) < 4.78 is 97.4. The van der Waals surface area contributed by atoms with Gasteiger partial charge in [0.05, 0.1) is 8.48 Å². The van der Waals surface area contributed by atoms with Gasteiger partial charge in [-0.15, -0.1) is 0 Å². The monoisotopic (exact) mass is 309 g/mol. The molecular weight excluding hydrogens is 278 g/mol. The molecular formula is C18H21NO3. The first kappa shape index (κ1) is 6.52. The van der Waals surface area contributed by atoms with Crippen molar-refractivity contribution in [3.63, 3.8) is 0 Å². The van der Waals surface area contributed by atoms with Gasteiger partial charge in [-0.05, 0) is 50.3 Å². The number of carbonyl (C=O) groups is 1. The fraction of sp³-hybridized carbons (Fsp3) is 0.611. The zero-order valence-electron chi connectivity index (χ0n) is 21.9. The highest BCUT2D eigenvalue weighted by Crippen LogP contribution is 2.62. The van der Waals surface area contributed by atoms with Crippen LogP contribution in [0.3, 0.4) is 0 Å². The van der Waals surface area contributed by atoms with Crippen LogP contribution in [0.5, 0.6) is 11.5 Å². The van der Waals surface area contributed by atoms with Crippen LogP contribution in [0.25, 0.3) is 0 Å². The van der Waals surface area contributed by atoms with Gasteiger partial charge < -0.3 is 14.4 Å². The Labute approximate surface area is 144 Å². The van der Waals surface area contributed by atoms with Crippen molar-refractivity contribution in [2.75, 3.05) is 20.6 Å². The summed E-state index contributed by atoms with van der Waals surface area (Å²) in [5.74, 6) is -3.83. The number of Topliss-reactive ketones (excluding diaryl/α,β-unsaturated/α-hetero) is 1. The summed E-state index contributed by atoms with van der Waals surface area (Å²) in [6, 6.07) is -0.192. The molecule has 2 heterocycles. The molecule has 2 fully saturated rings. The highest BCUT2D eigenvalue weighted by Gasteiger charge is 2.65. The molecule has 0 radical (unpaired) electrons. The van der Waals surface area contributed by atoms with Gasteiger partial charge in [0.1, 0.15) is 0 Å². The molecule has 1 spiro atoms. The van der Waals surface area contributed by atoms with E-state index < -0.39 is 61.9 Å². The van der Waals surface area contributed by atoms with E-state index in [9.17, 15) is 7.54 Å². The van der Waals surface area contributed by atoms with Crippen LogP contribution in [-0.2, 0) is 16.6 Å². The van der Waals surface area contributed by atoms with Gasteiger partial charge in [0.2, 0.25) is 0 Å². The van der Waals surface area contributed by atoms with E-state index in [0.717, 1.165) is 0 Å². The molecule has 2 bridgehead atoms. The number of rotatable bonds is 1. The number of hydrogen-bond donors (Lipinski definition) is 0. The fourth-order valence-corrected chi connectivity index (χ4v) is 4.08. The fourth-order valence-electron chi connectivity index (χ4n) is 4.08. The molecule has 1 saturated heterocycles. The van der Waals surface area contributed by atoms with Crippen LogP contribution in [0.1, 0.15) is 44.0 Å². The maximum absolute atomic E-state index is 13.3. The maximum Gasteiger partial charge on any atom is 0.174 e. The van der Waals surface area contributed by atoms with Crippen LogP contribution in [-0.4, -0.2) is 43.4 Å². The average molecular weight is 309 g/mol. The molecule has 4 heteroatoms. The minimum atomic E-state index is -2.98. The van der Waals surface area contributed by atoms with E-state index in [2.05, 4.69) is 0 Å². The van der Waals surface area contributed by atoms with E-state index in [4.69, 9.17) is 20.4 Å². The van der Waals surface area contributed by atoms with Gasteiger partial charge in [-0.3, -0.25) is 4.79 Å². The second-order valence-corrected chi connectivity index (χ2v) is 5.89. The van der Waals surface area contributed by atoms with Crippen molar-refractivity contribution in [1.82, 2.24) is 4.90 Å². The number of piperidine rings is 1. The summed E-state index contributed by atoms with van der Waals surface area (Å²) >= 11 is 0. The zero-order valence-corrected chi connectivity index (χ0v) is 11.9. The zero-order chi connectivity index (χ0) is 23.9. The van der Waals surface area contributed by atoms with E-state index in [1.54, 1.807) is 0 Å². The van der Waals surface area contributed by atoms with Crippen LogP contribution in [0.15, 0.2) is 12.1 Å². The summed E-state index contributed by atoms with van der Waals surface area (Å²) in [6.45, 7) is -3.38. The smallest absolute Gasteiger partial charge is 0.174 e. The van der Waals surface area contributed by atoms with Crippen molar-refractivity contribution >= 4 is 5.78 Å². The summed E-state index contributed by atoms with van der Waals surface area (Å²) in [6.07, 6.45) is -9.52. The number of carbonyl (C=O) groups excluding carboxylic acids is 1. The maximum atomic E-state index is 13.3. The number of likely N-dealkylation sites (N-methyl/N-ethyl adjacent to an activating group) is 1. The summed E-state index contributed by atoms with van der Waals surface area (Å²) in [5.41, 5.74) is -2.08. The summed E-state index contributed by atoms with van der Waals surface area (Å²) in [7, 11) is 1.32. The molecule has 0 N–H and O–H groups in total. The van der Waals surface area contributed by atoms with Crippen molar-refractivity contribution in [1.29, 1.82) is 0 Å². The molecule has 2 aliphatic heterocycles. The molecule has 5 rings (SSSR count). The molecule has 116 valence electrons. The van der Waals surface area contributed by atoms with Crippen LogP contribution in [0.4, 0.5) is 0 Å². The Morgan fingerprint density at radius 3 is 3.32 bits per heavy atom. The standard InChI is InChI=1S/C18H21NO3/c1-19-8-7-18-11-4-5-13(20)17(18)22-16-14(21-2)6-3-10(15(16)18)9-12(11)19/h3,6,11-12,17H,4-5,7-9H2,1-2H3/t11-,12+,17?,18-/m0/s1/i1D3,5D2,9D2,11D,12D,17D. The van der Waals surface area contributed by atoms with Crippen molar-refractivity contribution in [3.05, 3.63) is 23.3 Å². The topological polar surface area (TPSA) is 38.8 Å². The Morgan fingerprint density at radius 1 is 1.59 bits per heavy atom. The highest BCUT2D eigenvalue weighted by molar-refractivity contribution is 5.89. The third kappa shape index (κ3) is 1.27. The molecule has 0 aromatic heterocycles. The predicted octanol–water partition coefficient (Wildman–Crippen LogP) is 1.93. The molecule has 4 aliphatic rings. The quantitative estimate of drug-likeness (QED) is 0.795. The third-order valence-electron chi connectivity index (χ3n) is 5.03. The number of hydrogen-bond acceptors (Lipinski definition) is 4. The minimum Gasteiger partial charge on any atom is -0.493 e. The van der Waals surface area contributed by atoms with Gasteiger partial charge in [0.15, 0.2) is 23.4 Å². The molecule has 4 nitrogen and oxygen atoms in total. The van der Waals surface area contributed by atoms with Gasteiger partial charge in [-0.1, -0.05) is 6.07 Å². The molecule has 1 aromatic carbocycles. The first-order valence-electron chi connectivity index (χ1n) is 12.2.